The van der Waals surface area contributed by atoms with Crippen LogP contribution < -0.4 is 4.74 Å². The number of hydrogen-bond donors (Lipinski definition) is 0. The van der Waals surface area contributed by atoms with Crippen molar-refractivity contribution in [1.82, 2.24) is 69.8 Å². The van der Waals surface area contributed by atoms with Crippen molar-refractivity contribution in [2.24, 2.45) is 0 Å². The number of aromatic nitrogens is 14. The van der Waals surface area contributed by atoms with Crippen LogP contribution in [0.15, 0.2) is 255 Å². The van der Waals surface area contributed by atoms with Gasteiger partial charge >= 0.3 is 30.9 Å². The van der Waals surface area contributed by atoms with E-state index in [1.54, 1.807) is 78.9 Å². The molecule has 19 nitrogen and oxygen atoms in total. The molecule has 11 aromatic carbocycles. The molecule has 0 fully saturated rings. The number of hydrogen-bond acceptors (Lipinski definition) is 18. The van der Waals surface area contributed by atoms with E-state index in [0.717, 1.165) is 157 Å². The highest BCUT2D eigenvalue weighted by Crippen LogP contribution is 2.46. The molecule has 0 aliphatic heterocycles. The van der Waals surface area contributed by atoms with E-state index in [9.17, 15) is 76.0 Å². The summed E-state index contributed by atoms with van der Waals surface area (Å²) >= 11 is 49.2. The Morgan fingerprint density at radius 2 is 0.577 bits per heavy atom. The minimum absolute atomic E-state index is 0.00192. The van der Waals surface area contributed by atoms with Crippen molar-refractivity contribution >= 4 is 142 Å². The van der Waals surface area contributed by atoms with Gasteiger partial charge in [0.25, 0.3) is 5.69 Å². The first-order valence-electron chi connectivity index (χ1n) is 45.3. The van der Waals surface area contributed by atoms with Crippen molar-refractivity contribution in [3.05, 3.63) is 373 Å². The number of ether oxygens (including phenoxy) is 1. The summed E-state index contributed by atoms with van der Waals surface area (Å²) in [6, 6.07) is 66.4. The van der Waals surface area contributed by atoms with Gasteiger partial charge in [-0.05, 0) is 174 Å². The molecule has 0 saturated heterocycles. The summed E-state index contributed by atoms with van der Waals surface area (Å²) in [5.74, 6) is 1.24. The second-order valence-corrected chi connectivity index (χ2v) is 36.1. The highest BCUT2D eigenvalue weighted by atomic mass is 35.5. The predicted octanol–water partition coefficient (Wildman–Crippen LogP) is 33.1. The number of aryl methyl sites for hydroxylation is 3. The van der Waals surface area contributed by atoms with Gasteiger partial charge in [0, 0.05) is 106 Å². The highest BCUT2D eigenvalue weighted by molar-refractivity contribution is 6.36. The molecule has 7 heterocycles. The monoisotopic (exact) mass is 2190 g/mol. The highest BCUT2D eigenvalue weighted by Gasteiger charge is 2.41. The van der Waals surface area contributed by atoms with Gasteiger partial charge in [0.2, 0.25) is 0 Å². The van der Waals surface area contributed by atoms with E-state index >= 15 is 0 Å². The summed E-state index contributed by atoms with van der Waals surface area (Å²) in [6.45, 7) is 0. The van der Waals surface area contributed by atoms with E-state index in [1.807, 2.05) is 66.7 Å². The largest absolute Gasteiger partial charge is 0.494 e. The Hall–Kier alpha value is -14.0. The van der Waals surface area contributed by atoms with Gasteiger partial charge in [0.15, 0.2) is 40.8 Å². The second-order valence-electron chi connectivity index (χ2n) is 33.2. The number of alkyl halides is 15. The Morgan fingerprint density at radius 1 is 0.289 bits per heavy atom. The minimum Gasteiger partial charge on any atom is -0.494 e. The number of halogens is 23. The van der Waals surface area contributed by atoms with Gasteiger partial charge in [0.1, 0.15) is 47.3 Å². The first-order chi connectivity index (χ1) is 71.1. The Labute approximate surface area is 879 Å². The molecule has 21 rings (SSSR count). The molecule has 760 valence electrons. The van der Waals surface area contributed by atoms with Crippen molar-refractivity contribution in [3.63, 3.8) is 0 Å². The van der Waals surface area contributed by atoms with Crippen LogP contribution in [-0.2, 0) is 69.4 Å². The van der Waals surface area contributed by atoms with E-state index in [0.29, 0.717) is 82.6 Å². The van der Waals surface area contributed by atoms with Crippen LogP contribution in [0.1, 0.15) is 119 Å². The molecule has 0 amide bonds. The van der Waals surface area contributed by atoms with Crippen LogP contribution in [0.25, 0.3) is 123 Å². The predicted molar refractivity (Wildman–Crippen MR) is 544 cm³/mol. The summed E-state index contributed by atoms with van der Waals surface area (Å²) < 4.78 is 202. The zero-order chi connectivity index (χ0) is 106. The average molecular weight is 2200 g/mol. The maximum atomic E-state index is 13.3. The lowest BCUT2D eigenvalue weighted by atomic mass is 9.98. The molecule has 7 aromatic heterocycles. The number of para-hydroxylation sites is 4. The fourth-order valence-electron chi connectivity index (χ4n) is 16.4. The number of non-ortho nitro benzene ring substituents is 1. The van der Waals surface area contributed by atoms with Gasteiger partial charge < -0.3 is 4.74 Å². The van der Waals surface area contributed by atoms with Crippen molar-refractivity contribution in [2.75, 3.05) is 7.11 Å². The molecule has 0 bridgehead atoms. The second kappa shape index (κ2) is 47.7. The van der Waals surface area contributed by atoms with Gasteiger partial charge in [-0.15, -0.1) is 0 Å². The number of rotatable bonds is 9. The first-order valence-corrected chi connectivity index (χ1v) is 48.4. The van der Waals surface area contributed by atoms with E-state index in [2.05, 4.69) is 75.8 Å². The molecule has 0 atom stereocenters. The zero-order valence-corrected chi connectivity index (χ0v) is 83.3. The molecule has 18 aromatic rings. The number of nitro groups is 1. The molecule has 0 N–H and O–H groups in total. The molecule has 0 saturated carbocycles. The lowest BCUT2D eigenvalue weighted by Crippen LogP contribution is -2.10. The summed E-state index contributed by atoms with van der Waals surface area (Å²) in [6.07, 6.45) is -8.97. The van der Waals surface area contributed by atoms with E-state index in [-0.39, 0.29) is 82.7 Å². The van der Waals surface area contributed by atoms with Crippen LogP contribution in [-0.4, -0.2) is 81.8 Å². The van der Waals surface area contributed by atoms with Crippen LogP contribution >= 0.6 is 92.8 Å². The maximum Gasteiger partial charge on any atom is 0.417 e. The van der Waals surface area contributed by atoms with E-state index in [1.165, 1.54) is 93.1 Å². The first kappa shape index (κ1) is 109. The molecule has 0 radical (unpaired) electrons. The third-order valence-corrected chi connectivity index (χ3v) is 25.9. The standard InChI is InChI=1S/C17H16ClF3N2.C16H10ClF3N2O.C15H14Cl2N2.C15H7ClF3N3O2.C15H8ClF3N2.C15H8ClN3.C14H10ClF3N2/c18-15-12-8-3-1-2-4-10-14(12)22-16(23-15)11-7-5-6-9-13(11)17(19,20)21;1-23-12-8-4-6-10-13(12)21-15(22-14(10)17)9-5-2-3-7-11(9)16(18,19)20;16-12-8-5-4-6-10(12)15-18-13-9-3-1-2-7-11(13)14(17)19-15;16-13-10-3-1-2-4-12(10)20-14(21-13)9-6-5-8(22(23)24)7-11(9)15(17,18)19;16-13-10-6-2-4-8-12(10)20-14(21-13)9-5-1-3-7-11(9)15(17,18)19;16-14-12-7-3-4-8-13(12)18-15(19-14)11-6-2-1-5-10(11)9-17;15-12-9-5-3-7-11(9)19-13(20-12)8-4-1-2-6-10(8)14(16,17)18/h5-7,9H,1-4,8,10H2;2-8H,1H3;4-6,8H,1-3,7,9H2;1-7H;1-8H;1-8H;1-2,4,6H,3,5,7H2. The Morgan fingerprint density at radius 3 is 0.960 bits per heavy atom. The number of fused-ring (bicyclic) bond motifs is 7. The quantitative estimate of drug-likeness (QED) is 0.0428. The van der Waals surface area contributed by atoms with Crippen LogP contribution in [0.3, 0.4) is 0 Å². The third-order valence-electron chi connectivity index (χ3n) is 23.5. The van der Waals surface area contributed by atoms with Gasteiger partial charge in [0.05, 0.1) is 73.1 Å². The molecule has 0 unspecified atom stereocenters. The molecule has 0 spiro atoms. The normalized spacial score (nSPS) is 12.9. The van der Waals surface area contributed by atoms with Crippen molar-refractivity contribution in [2.45, 2.75) is 121 Å². The van der Waals surface area contributed by atoms with Crippen LogP contribution in [0.2, 0.25) is 41.1 Å². The molecular weight excluding hydrogens is 2130 g/mol. The molecule has 3 aliphatic rings. The number of methoxy groups -OCH3 is 1. The molecular formula is C107H73Cl8F15N16O3. The number of benzene rings is 11. The van der Waals surface area contributed by atoms with Gasteiger partial charge in [-0.2, -0.15) is 71.1 Å². The molecule has 3 aliphatic carbocycles. The summed E-state index contributed by atoms with van der Waals surface area (Å²) in [4.78, 5) is 69.0. The fourth-order valence-corrected chi connectivity index (χ4v) is 18.4. The van der Waals surface area contributed by atoms with Gasteiger partial charge in [-0.25, -0.2) is 69.8 Å². The SMILES string of the molecule is COc1cccc2c(Cl)nc(-c3ccccc3C(F)(F)F)nc12.Clc1ccccc1-c1nc(Cl)c2c(n1)CCCCC2.FC(F)(F)c1ccccc1-c1nc(Cl)c2c(n1)CCC2.FC(F)(F)c1ccccc1-c1nc(Cl)c2c(n1)CCCCCC2.FC(F)(F)c1ccccc1-c1nc(Cl)c2ccccc2n1.N#Cc1ccccc1-c1nc(Cl)c2ccccc2n1.O=[N+]([O-])c1ccc(-c2nc(Cl)c3ccccc3n2)c(C(F)(F)F)c1. The zero-order valence-electron chi connectivity index (χ0n) is 77.2. The Bertz CT molecular complexity index is 8070. The van der Waals surface area contributed by atoms with E-state index in [4.69, 9.17) is 103 Å². The number of nitro benzene ring substituents is 1. The van der Waals surface area contributed by atoms with Crippen molar-refractivity contribution in [1.29, 1.82) is 5.26 Å². The lowest BCUT2D eigenvalue weighted by Gasteiger charge is -2.17. The number of nitrogens with zero attached hydrogens (tertiary/aromatic N) is 16. The minimum atomic E-state index is -4.80. The lowest BCUT2D eigenvalue weighted by molar-refractivity contribution is -0.385. The summed E-state index contributed by atoms with van der Waals surface area (Å²) in [5.41, 5.74) is 4.02. The number of nitriles is 1. The topological polar surface area (TPSA) is 257 Å². The Kier molecular flexibility index (Phi) is 34.9. The summed E-state index contributed by atoms with van der Waals surface area (Å²) in [5, 5.41) is 24.7. The third kappa shape index (κ3) is 26.5. The van der Waals surface area contributed by atoms with Crippen molar-refractivity contribution < 1.29 is 75.5 Å². The van der Waals surface area contributed by atoms with Crippen LogP contribution in [0.4, 0.5) is 71.5 Å². The van der Waals surface area contributed by atoms with Crippen molar-refractivity contribution in [3.8, 4) is 91.5 Å². The maximum absolute atomic E-state index is 13.3. The Balaban J connectivity index is 0.000000130. The van der Waals surface area contributed by atoms with Crippen LogP contribution in [0, 0.1) is 21.4 Å². The fraction of sp³-hybridized carbons (Fsp3) is 0.187. The summed E-state index contributed by atoms with van der Waals surface area (Å²) in [7, 11) is 1.45. The van der Waals surface area contributed by atoms with Crippen LogP contribution in [0.5, 0.6) is 5.75 Å². The molecule has 149 heavy (non-hydrogen) atoms. The van der Waals surface area contributed by atoms with E-state index < -0.39 is 69.3 Å². The molecule has 42 heteroatoms. The smallest absolute Gasteiger partial charge is 0.417 e. The van der Waals surface area contributed by atoms with Gasteiger partial charge in [-0.1, -0.05) is 252 Å². The average Bonchev–Trinajstić information content (AvgIpc) is 1.04. The van der Waals surface area contributed by atoms with Gasteiger partial charge in [-0.3, -0.25) is 10.1 Å².